The van der Waals surface area contributed by atoms with Crippen molar-refractivity contribution < 1.29 is 28.8 Å². The van der Waals surface area contributed by atoms with Crippen molar-refractivity contribution >= 4 is 11.9 Å². The van der Waals surface area contributed by atoms with Gasteiger partial charge in [0.2, 0.25) is 0 Å². The lowest BCUT2D eigenvalue weighted by Gasteiger charge is -2.46. The smallest absolute Gasteiger partial charge is 0.334 e. The zero-order valence-corrected chi connectivity index (χ0v) is 21.4. The molecular weight excluding hydrogens is 438 g/mol. The molecule has 0 spiro atoms. The summed E-state index contributed by atoms with van der Waals surface area (Å²) in [6.45, 7) is 8.45. The number of methoxy groups -OCH3 is 1. The molecule has 0 unspecified atom stereocenters. The molecule has 2 saturated heterocycles. The maximum Gasteiger partial charge on any atom is 0.334 e. The topological polar surface area (TPSA) is 80.8 Å². The Labute approximate surface area is 202 Å². The van der Waals surface area contributed by atoms with Gasteiger partial charge in [-0.1, -0.05) is 17.7 Å². The molecule has 190 valence electrons. The first-order valence-corrected chi connectivity index (χ1v) is 12.0. The largest absolute Gasteiger partial charge is 0.467 e. The second kappa shape index (κ2) is 11.6. The summed E-state index contributed by atoms with van der Waals surface area (Å²) < 4.78 is 5.23. The molecule has 0 N–H and O–H groups in total. The number of hydrogen-bond donors (Lipinski definition) is 0. The number of rotatable bonds is 8. The van der Waals surface area contributed by atoms with Crippen molar-refractivity contribution in [2.24, 2.45) is 0 Å². The normalized spacial score (nSPS) is 19.7. The molecule has 2 fully saturated rings. The van der Waals surface area contributed by atoms with Crippen LogP contribution in [0, 0.1) is 20.8 Å². The predicted octanol–water partition coefficient (Wildman–Crippen LogP) is 2.51. The average molecular weight is 478 g/mol. The van der Waals surface area contributed by atoms with Crippen molar-refractivity contribution in [1.82, 2.24) is 15.2 Å². The van der Waals surface area contributed by atoms with Crippen molar-refractivity contribution in [2.75, 3.05) is 47.5 Å². The molecule has 0 aliphatic carbocycles. The SMILES string of the molecule is COC(=O)C1(N(OC2CCN(OC)CC2)C(=O)Cc2c(C)cc(C)cc2C)CCN(OC)CC1. The number of carbonyl (C=O) groups is 2. The molecule has 9 nitrogen and oxygen atoms in total. The van der Waals surface area contributed by atoms with Crippen LogP contribution in [0.3, 0.4) is 0 Å². The molecule has 3 rings (SSSR count). The zero-order valence-electron chi connectivity index (χ0n) is 21.4. The van der Waals surface area contributed by atoms with Gasteiger partial charge in [-0.15, -0.1) is 0 Å². The molecule has 2 aliphatic rings. The Morgan fingerprint density at radius 3 is 1.97 bits per heavy atom. The Bertz CT molecular complexity index is 837. The van der Waals surface area contributed by atoms with Gasteiger partial charge in [-0.3, -0.25) is 9.63 Å². The zero-order chi connectivity index (χ0) is 24.9. The fourth-order valence-electron chi connectivity index (χ4n) is 5.10. The van der Waals surface area contributed by atoms with Gasteiger partial charge in [0.15, 0.2) is 5.54 Å². The van der Waals surface area contributed by atoms with E-state index in [0.29, 0.717) is 51.9 Å². The third kappa shape index (κ3) is 5.78. The van der Waals surface area contributed by atoms with Crippen LogP contribution < -0.4 is 0 Å². The fraction of sp³-hybridized carbons (Fsp3) is 0.680. The number of nitrogens with zero attached hydrogens (tertiary/aromatic N) is 3. The monoisotopic (exact) mass is 477 g/mol. The van der Waals surface area contributed by atoms with Crippen LogP contribution in [-0.2, 0) is 35.3 Å². The average Bonchev–Trinajstić information content (AvgIpc) is 2.84. The number of aryl methyl sites for hydroxylation is 3. The molecular formula is C25H39N3O6. The third-order valence-electron chi connectivity index (χ3n) is 7.07. The van der Waals surface area contributed by atoms with Gasteiger partial charge in [-0.25, -0.2) is 9.86 Å². The van der Waals surface area contributed by atoms with E-state index in [1.54, 1.807) is 19.3 Å². The Morgan fingerprint density at radius 1 is 0.941 bits per heavy atom. The van der Waals surface area contributed by atoms with Crippen LogP contribution in [-0.4, -0.2) is 86.2 Å². The van der Waals surface area contributed by atoms with Crippen molar-refractivity contribution in [1.29, 1.82) is 0 Å². The maximum atomic E-state index is 13.9. The molecule has 9 heteroatoms. The van der Waals surface area contributed by atoms with Crippen molar-refractivity contribution in [3.05, 3.63) is 34.4 Å². The molecule has 0 saturated carbocycles. The van der Waals surface area contributed by atoms with Crippen LogP contribution in [0.15, 0.2) is 12.1 Å². The summed E-state index contributed by atoms with van der Waals surface area (Å²) in [6.07, 6.45) is 2.08. The maximum absolute atomic E-state index is 13.9. The number of piperidine rings is 2. The highest BCUT2D eigenvalue weighted by molar-refractivity contribution is 5.88. The number of hydroxylamine groups is 6. The molecule has 2 aliphatic heterocycles. The standard InChI is InChI=1S/C25H39N3O6/c1-18-15-19(2)22(20(3)16-18)17-23(29)28(34-21-7-11-26(32-5)12-8-21)25(24(30)31-4)9-13-27(33-6)14-10-25/h15-16,21H,7-14,17H2,1-6H3. The van der Waals surface area contributed by atoms with E-state index in [4.69, 9.17) is 19.2 Å². The summed E-state index contributed by atoms with van der Waals surface area (Å²) in [5.74, 6) is -0.691. The lowest BCUT2D eigenvalue weighted by atomic mass is 9.86. The summed E-state index contributed by atoms with van der Waals surface area (Å²) >= 11 is 0. The molecule has 34 heavy (non-hydrogen) atoms. The lowest BCUT2D eigenvalue weighted by molar-refractivity contribution is -0.274. The van der Waals surface area contributed by atoms with Crippen LogP contribution in [0.2, 0.25) is 0 Å². The van der Waals surface area contributed by atoms with Gasteiger partial charge in [0.1, 0.15) is 0 Å². The molecule has 1 aromatic rings. The van der Waals surface area contributed by atoms with E-state index in [0.717, 1.165) is 22.3 Å². The minimum absolute atomic E-state index is 0.154. The Morgan fingerprint density at radius 2 is 1.47 bits per heavy atom. The highest BCUT2D eigenvalue weighted by Gasteiger charge is 2.51. The van der Waals surface area contributed by atoms with Crippen LogP contribution >= 0.6 is 0 Å². The van der Waals surface area contributed by atoms with Crippen LogP contribution in [0.25, 0.3) is 0 Å². The van der Waals surface area contributed by atoms with E-state index < -0.39 is 11.5 Å². The summed E-state index contributed by atoms with van der Waals surface area (Å²) in [4.78, 5) is 44.2. The molecule has 1 amide bonds. The number of esters is 1. The Balaban J connectivity index is 1.92. The van der Waals surface area contributed by atoms with Crippen LogP contribution in [0.5, 0.6) is 0 Å². The summed E-state index contributed by atoms with van der Waals surface area (Å²) in [5, 5.41) is 5.02. The number of amides is 1. The fourth-order valence-corrected chi connectivity index (χ4v) is 5.10. The molecule has 2 heterocycles. The highest BCUT2D eigenvalue weighted by Crippen LogP contribution is 2.34. The Kier molecular flexibility index (Phi) is 9.06. The number of hydrogen-bond acceptors (Lipinski definition) is 8. The van der Waals surface area contributed by atoms with Gasteiger partial charge in [0.25, 0.3) is 5.91 Å². The van der Waals surface area contributed by atoms with Gasteiger partial charge in [-0.05, 0) is 63.1 Å². The number of benzene rings is 1. The minimum atomic E-state index is -1.20. The van der Waals surface area contributed by atoms with Gasteiger partial charge in [-0.2, -0.15) is 10.1 Å². The number of ether oxygens (including phenoxy) is 1. The number of carbonyl (C=O) groups excluding carboxylic acids is 2. The van der Waals surface area contributed by atoms with E-state index in [2.05, 4.69) is 12.1 Å². The van der Waals surface area contributed by atoms with Gasteiger partial charge in [0, 0.05) is 26.2 Å². The molecule has 0 atom stereocenters. The van der Waals surface area contributed by atoms with E-state index >= 15 is 0 Å². The molecule has 1 aromatic carbocycles. The van der Waals surface area contributed by atoms with E-state index in [1.807, 2.05) is 25.8 Å². The van der Waals surface area contributed by atoms with Gasteiger partial charge < -0.3 is 14.4 Å². The second-order valence-electron chi connectivity index (χ2n) is 9.29. The van der Waals surface area contributed by atoms with Crippen molar-refractivity contribution in [3.8, 4) is 0 Å². The van der Waals surface area contributed by atoms with E-state index in [9.17, 15) is 9.59 Å². The van der Waals surface area contributed by atoms with E-state index in [1.165, 1.54) is 12.2 Å². The van der Waals surface area contributed by atoms with Crippen molar-refractivity contribution in [2.45, 2.75) is 64.5 Å². The van der Waals surface area contributed by atoms with Crippen LogP contribution in [0.4, 0.5) is 0 Å². The summed E-state index contributed by atoms with van der Waals surface area (Å²) in [6, 6.07) is 4.16. The highest BCUT2D eigenvalue weighted by atomic mass is 16.7. The summed E-state index contributed by atoms with van der Waals surface area (Å²) in [5.41, 5.74) is 3.03. The first-order valence-electron chi connectivity index (χ1n) is 12.0. The first-order chi connectivity index (χ1) is 16.2. The second-order valence-corrected chi connectivity index (χ2v) is 9.29. The lowest BCUT2D eigenvalue weighted by Crippen LogP contribution is -2.63. The van der Waals surface area contributed by atoms with Crippen LogP contribution in [0.1, 0.15) is 47.9 Å². The molecule has 0 radical (unpaired) electrons. The first kappa shape index (κ1) is 26.6. The Hall–Kier alpha value is -2.04. The molecule has 0 bridgehead atoms. The quantitative estimate of drug-likeness (QED) is 0.417. The summed E-state index contributed by atoms with van der Waals surface area (Å²) in [7, 11) is 4.62. The molecule has 0 aromatic heterocycles. The van der Waals surface area contributed by atoms with E-state index in [-0.39, 0.29) is 18.4 Å². The van der Waals surface area contributed by atoms with Gasteiger partial charge in [0.05, 0.1) is 33.9 Å². The predicted molar refractivity (Wildman–Crippen MR) is 126 cm³/mol. The van der Waals surface area contributed by atoms with Gasteiger partial charge >= 0.3 is 5.97 Å². The third-order valence-corrected chi connectivity index (χ3v) is 7.07. The minimum Gasteiger partial charge on any atom is -0.467 e. The van der Waals surface area contributed by atoms with Crippen molar-refractivity contribution in [3.63, 3.8) is 0 Å².